The van der Waals surface area contributed by atoms with Gasteiger partial charge in [-0.2, -0.15) is 0 Å². The fourth-order valence-corrected chi connectivity index (χ4v) is 0.964. The van der Waals surface area contributed by atoms with Gasteiger partial charge in [0, 0.05) is 12.4 Å². The van der Waals surface area contributed by atoms with E-state index in [4.69, 9.17) is 0 Å². The molecule has 2 heteroatoms. The zero-order valence-corrected chi connectivity index (χ0v) is 7.09. The molecule has 0 unspecified atom stereocenters. The molecule has 0 saturated heterocycles. The van der Waals surface area contributed by atoms with Crippen molar-refractivity contribution >= 4 is 0 Å². The summed E-state index contributed by atoms with van der Waals surface area (Å²) >= 11 is 0. The normalized spacial score (nSPS) is 11.9. The van der Waals surface area contributed by atoms with Gasteiger partial charge >= 0.3 is 0 Å². The molecule has 0 fully saturated rings. The van der Waals surface area contributed by atoms with Crippen molar-refractivity contribution in [3.05, 3.63) is 24.0 Å². The summed E-state index contributed by atoms with van der Waals surface area (Å²) in [5, 5.41) is 9.41. The fraction of sp³-hybridized carbons (Fsp3) is 0.556. The van der Waals surface area contributed by atoms with Gasteiger partial charge in [0.05, 0.1) is 5.60 Å². The van der Waals surface area contributed by atoms with Gasteiger partial charge in [-0.05, 0) is 38.3 Å². The molecule has 1 heterocycles. The molecule has 2 nitrogen and oxygen atoms in total. The van der Waals surface area contributed by atoms with E-state index in [0.717, 1.165) is 12.8 Å². The van der Waals surface area contributed by atoms with Crippen LogP contribution >= 0.6 is 0 Å². The van der Waals surface area contributed by atoms with E-state index in [-0.39, 0.29) is 0 Å². The highest BCUT2D eigenvalue weighted by Gasteiger charge is 2.11. The minimum atomic E-state index is -0.544. The molecule has 1 aromatic heterocycles. The van der Waals surface area contributed by atoms with Gasteiger partial charge in [0.25, 0.3) is 0 Å². The van der Waals surface area contributed by atoms with E-state index in [0.29, 0.717) is 0 Å². The van der Waals surface area contributed by atoms with Crippen LogP contribution in [0, 0.1) is 0 Å². The van der Waals surface area contributed by atoms with Crippen LogP contribution in [0.4, 0.5) is 0 Å². The maximum absolute atomic E-state index is 9.41. The number of nitrogens with one attached hydrogen (secondary N) is 1. The van der Waals surface area contributed by atoms with Crippen LogP contribution in [0.25, 0.3) is 0 Å². The molecule has 1 aromatic rings. The van der Waals surface area contributed by atoms with Crippen molar-refractivity contribution < 1.29 is 5.11 Å². The van der Waals surface area contributed by atoms with Gasteiger partial charge in [0.15, 0.2) is 0 Å². The van der Waals surface area contributed by atoms with Crippen LogP contribution in [0.3, 0.4) is 0 Å². The molecular formula is C9H15NO. The molecule has 62 valence electrons. The summed E-state index contributed by atoms with van der Waals surface area (Å²) in [7, 11) is 0. The van der Waals surface area contributed by atoms with E-state index in [2.05, 4.69) is 4.98 Å². The Bertz CT molecular complexity index is 196. The highest BCUT2D eigenvalue weighted by molar-refractivity contribution is 5.08. The third-order valence-electron chi connectivity index (χ3n) is 1.69. The third-order valence-corrected chi connectivity index (χ3v) is 1.69. The second kappa shape index (κ2) is 3.09. The molecule has 0 aliphatic rings. The average Bonchev–Trinajstić information content (AvgIpc) is 2.32. The van der Waals surface area contributed by atoms with Crippen molar-refractivity contribution in [3.63, 3.8) is 0 Å². The average molecular weight is 153 g/mol. The number of rotatable bonds is 3. The lowest BCUT2D eigenvalue weighted by Crippen LogP contribution is -2.18. The minimum Gasteiger partial charge on any atom is -0.390 e. The van der Waals surface area contributed by atoms with Crippen LogP contribution < -0.4 is 0 Å². The smallest absolute Gasteiger partial charge is 0.0594 e. The number of hydrogen-bond donors (Lipinski definition) is 2. The quantitative estimate of drug-likeness (QED) is 0.681. The first-order chi connectivity index (χ1) is 5.08. The fourth-order valence-electron chi connectivity index (χ4n) is 0.964. The summed E-state index contributed by atoms with van der Waals surface area (Å²) < 4.78 is 0. The number of aryl methyl sites for hydroxylation is 1. The number of aliphatic hydroxyl groups is 1. The summed E-state index contributed by atoms with van der Waals surface area (Å²) in [6.07, 6.45) is 5.61. The lowest BCUT2D eigenvalue weighted by Gasteiger charge is -2.15. The first-order valence-electron chi connectivity index (χ1n) is 3.92. The summed E-state index contributed by atoms with van der Waals surface area (Å²) in [6.45, 7) is 3.67. The molecule has 0 atom stereocenters. The predicted molar refractivity (Wildman–Crippen MR) is 45.4 cm³/mol. The van der Waals surface area contributed by atoms with Gasteiger partial charge in [-0.3, -0.25) is 0 Å². The predicted octanol–water partition coefficient (Wildman–Crippen LogP) is 1.72. The minimum absolute atomic E-state index is 0.544. The first-order valence-corrected chi connectivity index (χ1v) is 3.92. The lowest BCUT2D eigenvalue weighted by molar-refractivity contribution is 0.0714. The zero-order chi connectivity index (χ0) is 8.32. The summed E-state index contributed by atoms with van der Waals surface area (Å²) in [5.74, 6) is 0. The molecule has 1 rings (SSSR count). The monoisotopic (exact) mass is 153 g/mol. The van der Waals surface area contributed by atoms with Crippen LogP contribution in [-0.2, 0) is 6.42 Å². The SMILES string of the molecule is CC(C)(O)CCc1cc[nH]c1. The molecule has 0 spiro atoms. The van der Waals surface area contributed by atoms with E-state index in [1.54, 1.807) is 0 Å². The Morgan fingerprint density at radius 3 is 2.73 bits per heavy atom. The Balaban J connectivity index is 2.35. The van der Waals surface area contributed by atoms with Gasteiger partial charge < -0.3 is 10.1 Å². The number of aromatic nitrogens is 1. The highest BCUT2D eigenvalue weighted by atomic mass is 16.3. The topological polar surface area (TPSA) is 36.0 Å². The van der Waals surface area contributed by atoms with Crippen LogP contribution in [0.5, 0.6) is 0 Å². The molecule has 0 aromatic carbocycles. The number of H-pyrrole nitrogens is 1. The number of aromatic amines is 1. The Morgan fingerprint density at radius 2 is 2.27 bits per heavy atom. The molecule has 0 radical (unpaired) electrons. The summed E-state index contributed by atoms with van der Waals surface area (Å²) in [6, 6.07) is 2.03. The Morgan fingerprint density at radius 1 is 1.55 bits per heavy atom. The summed E-state index contributed by atoms with van der Waals surface area (Å²) in [5.41, 5.74) is 0.712. The van der Waals surface area contributed by atoms with Gasteiger partial charge in [-0.25, -0.2) is 0 Å². The van der Waals surface area contributed by atoms with Crippen molar-refractivity contribution in [1.29, 1.82) is 0 Å². The van der Waals surface area contributed by atoms with Gasteiger partial charge in [-0.15, -0.1) is 0 Å². The maximum Gasteiger partial charge on any atom is 0.0594 e. The Hall–Kier alpha value is -0.760. The van der Waals surface area contributed by atoms with Gasteiger partial charge in [-0.1, -0.05) is 0 Å². The molecule has 2 N–H and O–H groups in total. The van der Waals surface area contributed by atoms with Crippen LogP contribution in [-0.4, -0.2) is 15.7 Å². The van der Waals surface area contributed by atoms with Crippen molar-refractivity contribution in [2.24, 2.45) is 0 Å². The van der Waals surface area contributed by atoms with Crippen molar-refractivity contribution in [1.82, 2.24) is 4.98 Å². The van der Waals surface area contributed by atoms with Crippen molar-refractivity contribution in [2.45, 2.75) is 32.3 Å². The third kappa shape index (κ3) is 3.23. The van der Waals surface area contributed by atoms with Crippen molar-refractivity contribution in [3.8, 4) is 0 Å². The first kappa shape index (κ1) is 8.34. The molecule has 0 saturated carbocycles. The van der Waals surface area contributed by atoms with E-state index < -0.39 is 5.60 Å². The van der Waals surface area contributed by atoms with E-state index in [9.17, 15) is 5.11 Å². The number of hydrogen-bond acceptors (Lipinski definition) is 1. The standard InChI is InChI=1S/C9H15NO/c1-9(2,11)5-3-8-4-6-10-7-8/h4,6-7,10-11H,3,5H2,1-2H3. The molecular weight excluding hydrogens is 138 g/mol. The van der Waals surface area contributed by atoms with E-state index in [1.165, 1.54) is 5.56 Å². The second-order valence-corrected chi connectivity index (χ2v) is 3.53. The molecule has 11 heavy (non-hydrogen) atoms. The molecule has 0 aliphatic heterocycles. The van der Waals surface area contributed by atoms with E-state index >= 15 is 0 Å². The largest absolute Gasteiger partial charge is 0.390 e. The second-order valence-electron chi connectivity index (χ2n) is 3.53. The van der Waals surface area contributed by atoms with Gasteiger partial charge in [0.2, 0.25) is 0 Å². The lowest BCUT2D eigenvalue weighted by atomic mass is 10.0. The molecule has 0 bridgehead atoms. The van der Waals surface area contributed by atoms with Crippen molar-refractivity contribution in [2.75, 3.05) is 0 Å². The zero-order valence-electron chi connectivity index (χ0n) is 7.09. The van der Waals surface area contributed by atoms with Crippen LogP contribution in [0.1, 0.15) is 25.8 Å². The molecule has 0 aliphatic carbocycles. The maximum atomic E-state index is 9.41. The van der Waals surface area contributed by atoms with Gasteiger partial charge in [0.1, 0.15) is 0 Å². The Labute approximate surface area is 67.3 Å². The summed E-state index contributed by atoms with van der Waals surface area (Å²) in [4.78, 5) is 2.98. The highest BCUT2D eigenvalue weighted by Crippen LogP contribution is 2.11. The van der Waals surface area contributed by atoms with Crippen LogP contribution in [0.2, 0.25) is 0 Å². The Kier molecular flexibility index (Phi) is 2.35. The van der Waals surface area contributed by atoms with Crippen LogP contribution in [0.15, 0.2) is 18.5 Å². The molecule has 0 amide bonds. The van der Waals surface area contributed by atoms with E-state index in [1.807, 2.05) is 32.3 Å².